The van der Waals surface area contributed by atoms with Crippen LogP contribution in [0.3, 0.4) is 0 Å². The van der Waals surface area contributed by atoms with E-state index in [0.29, 0.717) is 5.57 Å². The van der Waals surface area contributed by atoms with Crippen LogP contribution in [0.4, 0.5) is 0 Å². The van der Waals surface area contributed by atoms with Crippen molar-refractivity contribution in [1.82, 2.24) is 0 Å². The maximum absolute atomic E-state index is 11.6. The van der Waals surface area contributed by atoms with Crippen molar-refractivity contribution < 1.29 is 47.6 Å². The summed E-state index contributed by atoms with van der Waals surface area (Å²) in [5, 5.41) is 9.62. The van der Waals surface area contributed by atoms with E-state index in [2.05, 4.69) is 0 Å². The molecule has 0 fully saturated rings. The molecule has 0 N–H and O–H groups in total. The summed E-state index contributed by atoms with van der Waals surface area (Å²) in [5.74, 6) is -2.24. The van der Waals surface area contributed by atoms with Gasteiger partial charge in [0.1, 0.15) is 43.7 Å². The average molecular weight is 451 g/mol. The molecule has 2 heterocycles. The number of nitriles is 1. The van der Waals surface area contributed by atoms with Crippen molar-refractivity contribution in [1.29, 1.82) is 5.26 Å². The van der Waals surface area contributed by atoms with Crippen molar-refractivity contribution in [2.45, 2.75) is 64.3 Å². The van der Waals surface area contributed by atoms with Crippen LogP contribution >= 0.6 is 0 Å². The predicted molar refractivity (Wildman–Crippen MR) is 105 cm³/mol. The molecule has 11 heteroatoms. The van der Waals surface area contributed by atoms with Gasteiger partial charge in [-0.3, -0.25) is 19.2 Å². The molecule has 0 aromatic carbocycles. The van der Waals surface area contributed by atoms with Crippen LogP contribution in [0.1, 0.15) is 27.7 Å². The Hall–Kier alpha value is -3.23. The molecule has 11 nitrogen and oxygen atoms in total. The lowest BCUT2D eigenvalue weighted by atomic mass is 9.94. The minimum atomic E-state index is -1.10. The highest BCUT2D eigenvalue weighted by Crippen LogP contribution is 2.30. The van der Waals surface area contributed by atoms with Crippen molar-refractivity contribution in [2.75, 3.05) is 13.2 Å². The Kier molecular flexibility index (Phi) is 8.92. The van der Waals surface area contributed by atoms with Crippen molar-refractivity contribution >= 4 is 23.9 Å². The number of esters is 4. The minimum absolute atomic E-state index is 0.193. The van der Waals surface area contributed by atoms with Crippen molar-refractivity contribution in [2.24, 2.45) is 0 Å². The summed E-state index contributed by atoms with van der Waals surface area (Å²) in [4.78, 5) is 45.3. The first-order valence-electron chi connectivity index (χ1n) is 9.82. The summed E-state index contributed by atoms with van der Waals surface area (Å²) < 4.78 is 32.1. The highest BCUT2D eigenvalue weighted by Gasteiger charge is 2.40. The molecule has 0 saturated carbocycles. The van der Waals surface area contributed by atoms with Crippen LogP contribution in [0.25, 0.3) is 0 Å². The molecule has 0 aromatic heterocycles. The third kappa shape index (κ3) is 7.18. The molecule has 0 spiro atoms. The molecule has 174 valence electrons. The maximum atomic E-state index is 11.6. The fourth-order valence-electron chi connectivity index (χ4n) is 3.17. The lowest BCUT2D eigenvalue weighted by Gasteiger charge is -2.37. The molecule has 32 heavy (non-hydrogen) atoms. The van der Waals surface area contributed by atoms with Crippen LogP contribution in [0.15, 0.2) is 23.8 Å². The van der Waals surface area contributed by atoms with Crippen LogP contribution in [0, 0.1) is 11.3 Å². The smallest absolute Gasteiger partial charge is 0.303 e. The zero-order chi connectivity index (χ0) is 23.8. The van der Waals surface area contributed by atoms with E-state index in [-0.39, 0.29) is 13.2 Å². The van der Waals surface area contributed by atoms with E-state index < -0.39 is 60.5 Å². The van der Waals surface area contributed by atoms with Crippen molar-refractivity contribution in [3.8, 4) is 6.07 Å². The minimum Gasteiger partial charge on any atom is -0.463 e. The fourth-order valence-corrected chi connectivity index (χ4v) is 3.17. The Morgan fingerprint density at radius 2 is 1.38 bits per heavy atom. The van der Waals surface area contributed by atoms with E-state index >= 15 is 0 Å². The summed E-state index contributed by atoms with van der Waals surface area (Å²) in [6, 6.07) is 2.00. The summed E-state index contributed by atoms with van der Waals surface area (Å²) in [6.07, 6.45) is -0.776. The van der Waals surface area contributed by atoms with Gasteiger partial charge in [-0.2, -0.15) is 5.26 Å². The van der Waals surface area contributed by atoms with Gasteiger partial charge in [-0.15, -0.1) is 0 Å². The number of ether oxygens (including phenoxy) is 6. The Morgan fingerprint density at radius 1 is 0.844 bits per heavy atom. The SMILES string of the molecule is CC(=O)OC[C@H]1O[C@@H](C#N)C([C@@H]2C=C[C@@H](OC(C)=O)[C@@H](COC(C)=O)O2)=C[C@H]1OC(C)=O. The molecule has 0 aliphatic carbocycles. The van der Waals surface area contributed by atoms with Crippen LogP contribution in [-0.4, -0.2) is 73.7 Å². The molecule has 2 rings (SSSR count). The van der Waals surface area contributed by atoms with Gasteiger partial charge in [-0.05, 0) is 12.2 Å². The van der Waals surface area contributed by atoms with Gasteiger partial charge in [0.15, 0.2) is 6.10 Å². The van der Waals surface area contributed by atoms with Crippen LogP contribution < -0.4 is 0 Å². The highest BCUT2D eigenvalue weighted by atomic mass is 16.6. The van der Waals surface area contributed by atoms with E-state index in [1.807, 2.05) is 6.07 Å². The first-order chi connectivity index (χ1) is 15.1. The van der Waals surface area contributed by atoms with E-state index in [1.54, 1.807) is 12.2 Å². The fraction of sp³-hybridized carbons (Fsp3) is 0.571. The van der Waals surface area contributed by atoms with E-state index in [9.17, 15) is 24.4 Å². The third-order valence-electron chi connectivity index (χ3n) is 4.45. The topological polar surface area (TPSA) is 147 Å². The Balaban J connectivity index is 2.31. The van der Waals surface area contributed by atoms with Gasteiger partial charge in [0.2, 0.25) is 0 Å². The van der Waals surface area contributed by atoms with Crippen molar-refractivity contribution in [3.05, 3.63) is 23.8 Å². The molecule has 2 aliphatic rings. The Morgan fingerprint density at radius 3 is 1.88 bits per heavy atom. The molecular weight excluding hydrogens is 426 g/mol. The molecular formula is C21H25NO10. The zero-order valence-electron chi connectivity index (χ0n) is 18.1. The van der Waals surface area contributed by atoms with Crippen LogP contribution in [-0.2, 0) is 47.6 Å². The largest absolute Gasteiger partial charge is 0.463 e. The Bertz CT molecular complexity index is 842. The van der Waals surface area contributed by atoms with Gasteiger partial charge in [0.25, 0.3) is 0 Å². The molecule has 0 aromatic rings. The lowest BCUT2D eigenvalue weighted by Crippen LogP contribution is -2.47. The van der Waals surface area contributed by atoms with Gasteiger partial charge < -0.3 is 28.4 Å². The first-order valence-corrected chi connectivity index (χ1v) is 9.82. The van der Waals surface area contributed by atoms with Crippen molar-refractivity contribution in [3.63, 3.8) is 0 Å². The first kappa shape index (κ1) is 25.0. The molecule has 0 saturated heterocycles. The molecule has 0 bridgehead atoms. The van der Waals surface area contributed by atoms with Gasteiger partial charge >= 0.3 is 23.9 Å². The summed E-state index contributed by atoms with van der Waals surface area (Å²) in [5.41, 5.74) is 0.336. The van der Waals surface area contributed by atoms with Gasteiger partial charge in [0.05, 0.1) is 6.07 Å². The normalized spacial score (nSPS) is 29.2. The van der Waals surface area contributed by atoms with Gasteiger partial charge in [-0.25, -0.2) is 0 Å². The number of carbonyl (C=O) groups is 4. The zero-order valence-corrected chi connectivity index (χ0v) is 18.1. The second kappa shape index (κ2) is 11.4. The molecule has 0 unspecified atom stereocenters. The summed E-state index contributed by atoms with van der Waals surface area (Å²) in [6.45, 7) is 4.48. The van der Waals surface area contributed by atoms with Crippen LogP contribution in [0.5, 0.6) is 0 Å². The summed E-state index contributed by atoms with van der Waals surface area (Å²) >= 11 is 0. The second-order valence-electron chi connectivity index (χ2n) is 7.08. The maximum Gasteiger partial charge on any atom is 0.303 e. The molecule has 0 radical (unpaired) electrons. The molecule has 0 amide bonds. The third-order valence-corrected chi connectivity index (χ3v) is 4.45. The Labute approximate surface area is 184 Å². The summed E-state index contributed by atoms with van der Waals surface area (Å²) in [7, 11) is 0. The molecule has 2 aliphatic heterocycles. The monoisotopic (exact) mass is 451 g/mol. The average Bonchev–Trinajstić information content (AvgIpc) is 2.70. The van der Waals surface area contributed by atoms with Crippen LogP contribution in [0.2, 0.25) is 0 Å². The number of nitrogens with zero attached hydrogens (tertiary/aromatic N) is 1. The standard InChI is InChI=1S/C21H25NO10/c1-11(23)27-9-20-17(29-13(3)25)6-5-16(31-20)15-7-18(30-14(4)26)21(10-28-12(2)24)32-19(15)8-22/h5-7,16-21H,9-10H2,1-4H3/t16-,17+,18+,19-,20+,21+/m0/s1. The number of rotatable bonds is 7. The number of hydrogen-bond acceptors (Lipinski definition) is 11. The van der Waals surface area contributed by atoms with E-state index in [1.165, 1.54) is 33.8 Å². The van der Waals surface area contributed by atoms with E-state index in [0.717, 1.165) is 0 Å². The van der Waals surface area contributed by atoms with Gasteiger partial charge in [-0.1, -0.05) is 6.08 Å². The highest BCUT2D eigenvalue weighted by molar-refractivity contribution is 5.67. The van der Waals surface area contributed by atoms with E-state index in [4.69, 9.17) is 28.4 Å². The lowest BCUT2D eigenvalue weighted by molar-refractivity contribution is -0.165. The number of hydrogen-bond donors (Lipinski definition) is 0. The molecule has 6 atom stereocenters. The predicted octanol–water partition coefficient (Wildman–Crippen LogP) is 0.517. The van der Waals surface area contributed by atoms with Gasteiger partial charge in [0, 0.05) is 33.3 Å². The quantitative estimate of drug-likeness (QED) is 0.303. The number of carbonyl (C=O) groups excluding carboxylic acids is 4. The second-order valence-corrected chi connectivity index (χ2v) is 7.08.